The molecule has 0 saturated carbocycles. The first-order valence-corrected chi connectivity index (χ1v) is 29.5. The van der Waals surface area contributed by atoms with E-state index in [9.17, 15) is 28.8 Å². The van der Waals surface area contributed by atoms with Gasteiger partial charge in [0, 0.05) is 12.8 Å². The summed E-state index contributed by atoms with van der Waals surface area (Å²) in [5.74, 6) is -3.95. The van der Waals surface area contributed by atoms with Crippen LogP contribution in [0.2, 0.25) is 0 Å². The van der Waals surface area contributed by atoms with Crippen LogP contribution in [-0.4, -0.2) is 87.3 Å². The predicted molar refractivity (Wildman–Crippen MR) is 285 cm³/mol. The number of esters is 4. The van der Waals surface area contributed by atoms with Crippen molar-refractivity contribution in [2.45, 2.75) is 297 Å². The molecule has 71 heavy (non-hydrogen) atoms. The van der Waals surface area contributed by atoms with E-state index in [-0.39, 0.29) is 58.5 Å². The number of hydrogen-bond donors (Lipinski definition) is 0. The van der Waals surface area contributed by atoms with Gasteiger partial charge in [-0.15, -0.1) is 0 Å². The lowest BCUT2D eigenvalue weighted by Crippen LogP contribution is -2.49. The molecule has 0 spiro atoms. The van der Waals surface area contributed by atoms with E-state index in [0.29, 0.717) is 25.7 Å². The molecule has 0 saturated heterocycles. The third-order valence-corrected chi connectivity index (χ3v) is 13.2. The molecule has 12 nitrogen and oxygen atoms in total. The maximum atomic E-state index is 14.1. The molecule has 0 aromatic rings. The van der Waals surface area contributed by atoms with Crippen molar-refractivity contribution in [1.29, 1.82) is 0 Å². The van der Waals surface area contributed by atoms with Gasteiger partial charge in [-0.2, -0.15) is 0 Å². The van der Waals surface area contributed by atoms with Gasteiger partial charge in [0.2, 0.25) is 5.60 Å². The number of Topliss-reactive ketones (excluding diaryl/α,β-unsaturated/α-hetero) is 2. The molecule has 0 fully saturated rings. The van der Waals surface area contributed by atoms with Crippen molar-refractivity contribution in [3.63, 3.8) is 0 Å². The number of hydrogen-bond acceptors (Lipinski definition) is 12. The van der Waals surface area contributed by atoms with Crippen LogP contribution >= 0.6 is 0 Å². The maximum absolute atomic E-state index is 14.1. The van der Waals surface area contributed by atoms with Gasteiger partial charge in [-0.25, -0.2) is 4.79 Å². The lowest BCUT2D eigenvalue weighted by Gasteiger charge is -2.30. The maximum Gasteiger partial charge on any atom is 0.351 e. The fraction of sp³-hybridized carbons (Fsp3) is 0.898. The number of carbonyl (C=O) groups excluding carboxylic acids is 6. The summed E-state index contributed by atoms with van der Waals surface area (Å²) in [6.45, 7) is 8.65. The van der Waals surface area contributed by atoms with Crippen LogP contribution in [0.15, 0.2) is 0 Å². The Bertz CT molecular complexity index is 1240. The van der Waals surface area contributed by atoms with Crippen LogP contribution < -0.4 is 0 Å². The topological polar surface area (TPSA) is 158 Å². The quantitative estimate of drug-likeness (QED) is 0.0323. The highest BCUT2D eigenvalue weighted by Crippen LogP contribution is 2.27. The van der Waals surface area contributed by atoms with Crippen LogP contribution in [0, 0.1) is 0 Å². The molecule has 0 unspecified atom stereocenters. The average molecular weight is 1010 g/mol. The summed E-state index contributed by atoms with van der Waals surface area (Å²) in [7, 11) is 0. The summed E-state index contributed by atoms with van der Waals surface area (Å²) in [5, 5.41) is 0. The Kier molecular flexibility index (Phi) is 49.9. The van der Waals surface area contributed by atoms with Crippen molar-refractivity contribution < 1.29 is 57.2 Å². The minimum Gasteiger partial charge on any atom is -0.466 e. The molecule has 0 atom stereocenters. The van der Waals surface area contributed by atoms with Crippen molar-refractivity contribution >= 4 is 35.4 Å². The third kappa shape index (κ3) is 45.5. The van der Waals surface area contributed by atoms with Gasteiger partial charge in [0.25, 0.3) is 0 Å². The van der Waals surface area contributed by atoms with Crippen LogP contribution in [-0.2, 0) is 57.2 Å². The molecule has 0 rings (SSSR count). The van der Waals surface area contributed by atoms with Gasteiger partial charge >= 0.3 is 23.9 Å². The predicted octanol–water partition coefficient (Wildman–Crippen LogP) is 15.1. The molecular formula is C59H108O12. The molecule has 0 aromatic carbocycles. The SMILES string of the molecule is CCCCCCCCCCCCCCOC(=O)CC(CC(=O)OCCCCCCCCCCCCCC)(OC(=O)CCC(=O)COCCOCC(=O)CC)C(=O)OCCCCCCCCCCCCCC. The molecule has 0 aliphatic carbocycles. The second-order valence-corrected chi connectivity index (χ2v) is 20.1. The van der Waals surface area contributed by atoms with Crippen LogP contribution in [0.5, 0.6) is 0 Å². The van der Waals surface area contributed by atoms with E-state index < -0.39 is 54.5 Å². The smallest absolute Gasteiger partial charge is 0.351 e. The standard InChI is InChI=1S/C59H108O12/c1-5-9-12-15-18-21-24-27-30-33-36-39-44-68-56(63)49-59(58(65)70-46-41-38-35-32-29-26-23-20-17-14-11-7-3,71-55(62)43-42-54(61)52-67-48-47-66-51-53(60)8-4)50-57(64)69-45-40-37-34-31-28-25-22-19-16-13-10-6-2/h5-52H2,1-4H3. The number of carbonyl (C=O) groups is 6. The Hall–Kier alpha value is -2.86. The second-order valence-electron chi connectivity index (χ2n) is 20.1. The third-order valence-electron chi connectivity index (χ3n) is 13.2. The van der Waals surface area contributed by atoms with Crippen LogP contribution in [0.1, 0.15) is 291 Å². The number of unbranched alkanes of at least 4 members (excludes halogenated alkanes) is 33. The van der Waals surface area contributed by atoms with Crippen molar-refractivity contribution in [2.24, 2.45) is 0 Å². The van der Waals surface area contributed by atoms with Gasteiger partial charge in [-0.1, -0.05) is 240 Å². The van der Waals surface area contributed by atoms with Crippen LogP contribution in [0.25, 0.3) is 0 Å². The second kappa shape index (κ2) is 52.0. The summed E-state index contributed by atoms with van der Waals surface area (Å²) >= 11 is 0. The molecule has 0 aromatic heterocycles. The lowest BCUT2D eigenvalue weighted by atomic mass is 9.94. The molecule has 0 aliphatic rings. The van der Waals surface area contributed by atoms with Crippen molar-refractivity contribution in [2.75, 3.05) is 46.2 Å². The van der Waals surface area contributed by atoms with E-state index in [1.165, 1.54) is 154 Å². The first-order chi connectivity index (χ1) is 34.6. The molecule has 0 heterocycles. The Morgan fingerprint density at radius 1 is 0.310 bits per heavy atom. The highest BCUT2D eigenvalue weighted by molar-refractivity contribution is 5.93. The number of rotatable bonds is 56. The van der Waals surface area contributed by atoms with Gasteiger partial charge in [0.1, 0.15) is 13.2 Å². The fourth-order valence-corrected chi connectivity index (χ4v) is 8.56. The Labute approximate surface area is 434 Å². The van der Waals surface area contributed by atoms with E-state index in [2.05, 4.69) is 20.8 Å². The summed E-state index contributed by atoms with van der Waals surface area (Å²) in [4.78, 5) is 78.9. The molecule has 0 radical (unpaired) electrons. The van der Waals surface area contributed by atoms with Gasteiger partial charge in [0.05, 0.1) is 52.3 Å². The van der Waals surface area contributed by atoms with Gasteiger partial charge in [-0.05, 0) is 19.3 Å². The zero-order valence-electron chi connectivity index (χ0n) is 46.3. The Morgan fingerprint density at radius 3 is 0.930 bits per heavy atom. The highest BCUT2D eigenvalue weighted by atomic mass is 16.6. The van der Waals surface area contributed by atoms with Crippen LogP contribution in [0.3, 0.4) is 0 Å². The Balaban J connectivity index is 5.60. The highest BCUT2D eigenvalue weighted by Gasteiger charge is 2.49. The molecule has 0 aliphatic heterocycles. The molecular weight excluding hydrogens is 901 g/mol. The normalized spacial score (nSPS) is 11.4. The van der Waals surface area contributed by atoms with Gasteiger partial charge in [0.15, 0.2) is 11.6 Å². The molecule has 416 valence electrons. The van der Waals surface area contributed by atoms with Gasteiger partial charge in [-0.3, -0.25) is 24.0 Å². The van der Waals surface area contributed by atoms with Crippen molar-refractivity contribution in [3.05, 3.63) is 0 Å². The minimum absolute atomic E-state index is 0.0247. The first-order valence-electron chi connectivity index (χ1n) is 29.5. The number of ketones is 2. The monoisotopic (exact) mass is 1010 g/mol. The zero-order valence-corrected chi connectivity index (χ0v) is 46.3. The van der Waals surface area contributed by atoms with E-state index in [1.807, 2.05) is 0 Å². The summed E-state index contributed by atoms with van der Waals surface area (Å²) in [6.07, 6.45) is 39.6. The minimum atomic E-state index is -2.33. The molecule has 0 amide bonds. The van der Waals surface area contributed by atoms with E-state index >= 15 is 0 Å². The number of ether oxygens (including phenoxy) is 6. The zero-order chi connectivity index (χ0) is 52.1. The molecule has 0 bridgehead atoms. The Morgan fingerprint density at radius 2 is 0.606 bits per heavy atom. The summed E-state index contributed by atoms with van der Waals surface area (Å²) in [6, 6.07) is 0. The van der Waals surface area contributed by atoms with E-state index in [0.717, 1.165) is 57.8 Å². The average Bonchev–Trinajstić information content (AvgIpc) is 3.35. The van der Waals surface area contributed by atoms with Crippen molar-refractivity contribution in [1.82, 2.24) is 0 Å². The van der Waals surface area contributed by atoms with Crippen molar-refractivity contribution in [3.8, 4) is 0 Å². The lowest BCUT2D eigenvalue weighted by molar-refractivity contribution is -0.191. The van der Waals surface area contributed by atoms with E-state index in [1.54, 1.807) is 6.92 Å². The largest absolute Gasteiger partial charge is 0.466 e. The van der Waals surface area contributed by atoms with Gasteiger partial charge < -0.3 is 28.4 Å². The summed E-state index contributed by atoms with van der Waals surface area (Å²) < 4.78 is 33.4. The molecule has 0 N–H and O–H groups in total. The summed E-state index contributed by atoms with van der Waals surface area (Å²) in [5.41, 5.74) is -2.33. The first kappa shape index (κ1) is 68.1. The van der Waals surface area contributed by atoms with E-state index in [4.69, 9.17) is 28.4 Å². The van der Waals surface area contributed by atoms with Crippen LogP contribution in [0.4, 0.5) is 0 Å². The fourth-order valence-electron chi connectivity index (χ4n) is 8.56. The molecule has 12 heteroatoms.